The molecule has 0 bridgehead atoms. The molecule has 0 fully saturated rings. The summed E-state index contributed by atoms with van der Waals surface area (Å²) in [7, 11) is -2.29. The Balaban J connectivity index is 3.15. The van der Waals surface area contributed by atoms with Gasteiger partial charge in [-0.1, -0.05) is 20.8 Å². The summed E-state index contributed by atoms with van der Waals surface area (Å²) in [6.07, 6.45) is 0. The molecule has 0 radical (unpaired) electrons. The molecule has 6 heteroatoms. The van der Waals surface area contributed by atoms with E-state index in [2.05, 4.69) is 20.8 Å². The van der Waals surface area contributed by atoms with E-state index in [0.717, 1.165) is 10.0 Å². The van der Waals surface area contributed by atoms with Crippen molar-refractivity contribution in [1.29, 1.82) is 0 Å². The molecule has 78 valence electrons. The zero-order valence-electron chi connectivity index (χ0n) is 7.74. The molecule has 0 aliphatic rings. The summed E-state index contributed by atoms with van der Waals surface area (Å²) < 4.78 is 23.8. The molecule has 1 aromatic rings. The first kappa shape index (κ1) is 11.6. The molecule has 0 aliphatic carbocycles. The predicted octanol–water partition coefficient (Wildman–Crippen LogP) is 1.60. The number of sulfonamides is 1. The van der Waals surface area contributed by atoms with Crippen LogP contribution in [0.3, 0.4) is 0 Å². The third-order valence-corrected chi connectivity index (χ3v) is 3.78. The first-order valence-electron chi connectivity index (χ1n) is 3.78. The highest BCUT2D eigenvalue weighted by Gasteiger charge is 2.13. The van der Waals surface area contributed by atoms with E-state index in [1.807, 2.05) is 11.8 Å². The van der Waals surface area contributed by atoms with Gasteiger partial charge in [-0.2, -0.15) is 0 Å². The molecule has 0 heterocycles. The molecule has 0 spiro atoms. The van der Waals surface area contributed by atoms with E-state index in [0.29, 0.717) is 0 Å². The molecule has 0 saturated carbocycles. The first-order valence-corrected chi connectivity index (χ1v) is 6.06. The molecule has 14 heavy (non-hydrogen) atoms. The number of hydrogen-bond acceptors (Lipinski definition) is 3. The molecule has 1 aromatic carbocycles. The number of rotatable bonds is 3. The Morgan fingerprint density at radius 2 is 2.07 bits per heavy atom. The van der Waals surface area contributed by atoms with Crippen molar-refractivity contribution in [3.05, 3.63) is 28.2 Å². The third kappa shape index (κ3) is 2.54. The Morgan fingerprint density at radius 3 is 2.57 bits per heavy atom. The molecule has 0 aliphatic heterocycles. The first-order chi connectivity index (χ1) is 6.47. The summed E-state index contributed by atoms with van der Waals surface area (Å²) in [6, 6.07) is 4.74. The smallest absolute Gasteiger partial charge is 0.262 e. The van der Waals surface area contributed by atoms with Crippen molar-refractivity contribution < 1.29 is 13.3 Å². The van der Waals surface area contributed by atoms with Gasteiger partial charge in [-0.25, -0.2) is 8.42 Å². The van der Waals surface area contributed by atoms with Crippen LogP contribution in [0.4, 0.5) is 0 Å². The van der Waals surface area contributed by atoms with Crippen LogP contribution in [0.5, 0.6) is 0 Å². The topological polar surface area (TPSA) is 55.4 Å². The van der Waals surface area contributed by atoms with Crippen LogP contribution in [-0.4, -0.2) is 15.5 Å². The molecular formula is C8H10BrNO3S. The lowest BCUT2D eigenvalue weighted by Crippen LogP contribution is -2.22. The second-order valence-electron chi connectivity index (χ2n) is 2.70. The minimum Gasteiger partial charge on any atom is -0.290 e. The molecule has 0 aromatic heterocycles. The van der Waals surface area contributed by atoms with E-state index >= 15 is 0 Å². The average Bonchev–Trinajstić information content (AvgIpc) is 2.09. The van der Waals surface area contributed by atoms with E-state index in [1.165, 1.54) is 13.2 Å². The highest BCUT2D eigenvalue weighted by atomic mass is 79.9. The maximum Gasteiger partial charge on any atom is 0.262 e. The fourth-order valence-corrected chi connectivity index (χ4v) is 2.08. The van der Waals surface area contributed by atoms with Gasteiger partial charge in [0.05, 0.1) is 12.0 Å². The maximum atomic E-state index is 11.4. The van der Waals surface area contributed by atoms with Crippen molar-refractivity contribution in [3.8, 4) is 0 Å². The summed E-state index contributed by atoms with van der Waals surface area (Å²) in [5.41, 5.74) is 0.851. The molecule has 1 rings (SSSR count). The van der Waals surface area contributed by atoms with Crippen LogP contribution in [-0.2, 0) is 14.9 Å². The third-order valence-electron chi connectivity index (χ3n) is 1.63. The lowest BCUT2D eigenvalue weighted by molar-refractivity contribution is 0.153. The molecule has 0 atom stereocenters. The van der Waals surface area contributed by atoms with E-state index in [4.69, 9.17) is 0 Å². The van der Waals surface area contributed by atoms with Gasteiger partial charge in [-0.3, -0.25) is 4.84 Å². The second-order valence-corrected chi connectivity index (χ2v) is 5.20. The van der Waals surface area contributed by atoms with Gasteiger partial charge in [0, 0.05) is 4.47 Å². The lowest BCUT2D eigenvalue weighted by atomic mass is 10.2. The Bertz CT molecular complexity index is 430. The number of benzene rings is 1. The van der Waals surface area contributed by atoms with Crippen LogP contribution in [0, 0.1) is 6.92 Å². The van der Waals surface area contributed by atoms with Gasteiger partial charge < -0.3 is 0 Å². The standard InChI is InChI=1S/C8H10BrNO3S/c1-6-5-7(3-4-8(6)9)14(11,12)10-13-2/h3-5,10H,1-2H3. The number of hydrogen-bond donors (Lipinski definition) is 1. The SMILES string of the molecule is CONS(=O)(=O)c1ccc(Br)c(C)c1. The highest BCUT2D eigenvalue weighted by Crippen LogP contribution is 2.19. The Labute approximate surface area is 91.4 Å². The molecular weight excluding hydrogens is 270 g/mol. The molecule has 1 N–H and O–H groups in total. The van der Waals surface area contributed by atoms with Crippen LogP contribution in [0.2, 0.25) is 0 Å². The zero-order valence-corrected chi connectivity index (χ0v) is 10.1. The fraction of sp³-hybridized carbons (Fsp3) is 0.250. The largest absolute Gasteiger partial charge is 0.290 e. The summed E-state index contributed by atoms with van der Waals surface area (Å²) >= 11 is 3.29. The lowest BCUT2D eigenvalue weighted by Gasteiger charge is -2.05. The van der Waals surface area contributed by atoms with Gasteiger partial charge in [-0.15, -0.1) is 0 Å². The van der Waals surface area contributed by atoms with Crippen molar-refractivity contribution >= 4 is 26.0 Å². The highest BCUT2D eigenvalue weighted by molar-refractivity contribution is 9.10. The van der Waals surface area contributed by atoms with Crippen LogP contribution >= 0.6 is 15.9 Å². The number of nitrogens with one attached hydrogen (secondary N) is 1. The van der Waals surface area contributed by atoms with E-state index in [1.54, 1.807) is 12.1 Å². The monoisotopic (exact) mass is 279 g/mol. The Kier molecular flexibility index (Phi) is 3.65. The van der Waals surface area contributed by atoms with Crippen molar-refractivity contribution in [2.24, 2.45) is 0 Å². The van der Waals surface area contributed by atoms with Gasteiger partial charge in [0.25, 0.3) is 10.0 Å². The molecule has 0 amide bonds. The van der Waals surface area contributed by atoms with E-state index in [-0.39, 0.29) is 4.90 Å². The van der Waals surface area contributed by atoms with Crippen LogP contribution in [0.25, 0.3) is 0 Å². The van der Waals surface area contributed by atoms with Crippen molar-refractivity contribution in [2.75, 3.05) is 7.11 Å². The number of halogens is 1. The minimum absolute atomic E-state index is 0.181. The van der Waals surface area contributed by atoms with Crippen molar-refractivity contribution in [2.45, 2.75) is 11.8 Å². The summed E-state index contributed by atoms with van der Waals surface area (Å²) in [6.45, 7) is 1.82. The fourth-order valence-electron chi connectivity index (χ4n) is 0.942. The summed E-state index contributed by atoms with van der Waals surface area (Å²) in [5, 5.41) is 0. The second kappa shape index (κ2) is 4.39. The van der Waals surface area contributed by atoms with Crippen LogP contribution in [0.1, 0.15) is 5.56 Å². The van der Waals surface area contributed by atoms with E-state index < -0.39 is 10.0 Å². The van der Waals surface area contributed by atoms with Gasteiger partial charge >= 0.3 is 0 Å². The Morgan fingerprint density at radius 1 is 1.43 bits per heavy atom. The molecule has 0 unspecified atom stereocenters. The van der Waals surface area contributed by atoms with Crippen LogP contribution in [0.15, 0.2) is 27.6 Å². The van der Waals surface area contributed by atoms with Crippen molar-refractivity contribution in [3.63, 3.8) is 0 Å². The normalized spacial score (nSPS) is 11.6. The summed E-state index contributed by atoms with van der Waals surface area (Å²) in [4.78, 5) is 6.50. The van der Waals surface area contributed by atoms with E-state index in [9.17, 15) is 8.42 Å². The quantitative estimate of drug-likeness (QED) is 0.856. The predicted molar refractivity (Wildman–Crippen MR) is 56.2 cm³/mol. The Hall–Kier alpha value is -0.430. The molecule has 4 nitrogen and oxygen atoms in total. The minimum atomic E-state index is -3.54. The van der Waals surface area contributed by atoms with Gasteiger partial charge in [0.2, 0.25) is 0 Å². The summed E-state index contributed by atoms with van der Waals surface area (Å²) in [5.74, 6) is 0. The van der Waals surface area contributed by atoms with Gasteiger partial charge in [0.1, 0.15) is 0 Å². The average molecular weight is 280 g/mol. The zero-order chi connectivity index (χ0) is 10.8. The van der Waals surface area contributed by atoms with Crippen LogP contribution < -0.4 is 4.89 Å². The van der Waals surface area contributed by atoms with Crippen molar-refractivity contribution in [1.82, 2.24) is 4.89 Å². The number of aryl methyl sites for hydroxylation is 1. The van der Waals surface area contributed by atoms with Gasteiger partial charge in [-0.05, 0) is 30.7 Å². The van der Waals surface area contributed by atoms with Gasteiger partial charge in [0.15, 0.2) is 0 Å². The molecule has 0 saturated heterocycles. The maximum absolute atomic E-state index is 11.4.